The Bertz CT molecular complexity index is 1250. The highest BCUT2D eigenvalue weighted by Crippen LogP contribution is 2.42. The number of carbonyl (C=O) groups is 1. The Morgan fingerprint density at radius 3 is 2.19 bits per heavy atom. The highest BCUT2D eigenvalue weighted by molar-refractivity contribution is 5.85. The molecule has 0 bridgehead atoms. The molecule has 4 aromatic rings. The Morgan fingerprint density at radius 1 is 0.906 bits per heavy atom. The molecule has 2 atom stereocenters. The van der Waals surface area contributed by atoms with Gasteiger partial charge in [-0.05, 0) is 34.0 Å². The third kappa shape index (κ3) is 4.19. The topological polar surface area (TPSA) is 62.1 Å². The van der Waals surface area contributed by atoms with Gasteiger partial charge in [-0.2, -0.15) is 5.26 Å². The molecule has 0 aromatic heterocycles. The van der Waals surface area contributed by atoms with Crippen molar-refractivity contribution in [1.29, 1.82) is 5.26 Å². The zero-order valence-electron chi connectivity index (χ0n) is 17.9. The number of carbonyl (C=O) groups excluding carboxylic acids is 1. The highest BCUT2D eigenvalue weighted by atomic mass is 16.5. The number of rotatable bonds is 7. The molecule has 4 nitrogen and oxygen atoms in total. The van der Waals surface area contributed by atoms with Crippen molar-refractivity contribution in [3.63, 3.8) is 0 Å². The van der Waals surface area contributed by atoms with Crippen LogP contribution in [0.3, 0.4) is 0 Å². The molecule has 32 heavy (non-hydrogen) atoms. The molecular formula is C28H24N2O2. The van der Waals surface area contributed by atoms with Crippen LogP contribution in [0.4, 0.5) is 5.69 Å². The first kappa shape index (κ1) is 21.1. The summed E-state index contributed by atoms with van der Waals surface area (Å²) < 4.78 is 5.01. The number of nitrogens with one attached hydrogen (secondary N) is 1. The van der Waals surface area contributed by atoms with E-state index in [1.807, 2.05) is 78.9 Å². The van der Waals surface area contributed by atoms with Gasteiger partial charge in [0, 0.05) is 5.69 Å². The van der Waals surface area contributed by atoms with Crippen LogP contribution in [0.5, 0.6) is 0 Å². The molecule has 0 fully saturated rings. The number of nitrogens with zero attached hydrogens (tertiary/aromatic N) is 1. The quantitative estimate of drug-likeness (QED) is 0.372. The van der Waals surface area contributed by atoms with E-state index < -0.39 is 17.4 Å². The van der Waals surface area contributed by atoms with Gasteiger partial charge in [0.15, 0.2) is 0 Å². The standard InChI is InChI=1S/C28H24N2O2/c1-32-26(31)19-28(20-29,24-14-6-3-7-15-24)27(22-11-4-2-5-12-22)30-25-17-16-21-10-8-9-13-23(21)18-25/h2-18,27,30H,19H2,1H3/t27-,28-/m0/s1. The number of methoxy groups -OCH3 is 1. The molecule has 0 saturated carbocycles. The van der Waals surface area contributed by atoms with E-state index in [4.69, 9.17) is 4.74 Å². The molecule has 1 N–H and O–H groups in total. The van der Waals surface area contributed by atoms with E-state index in [0.29, 0.717) is 0 Å². The summed E-state index contributed by atoms with van der Waals surface area (Å²) in [5, 5.41) is 16.4. The van der Waals surface area contributed by atoms with Crippen LogP contribution in [0.15, 0.2) is 103 Å². The van der Waals surface area contributed by atoms with E-state index >= 15 is 0 Å². The van der Waals surface area contributed by atoms with Gasteiger partial charge >= 0.3 is 5.97 Å². The lowest BCUT2D eigenvalue weighted by Crippen LogP contribution is -2.39. The minimum Gasteiger partial charge on any atom is -0.469 e. The van der Waals surface area contributed by atoms with Crippen molar-refractivity contribution in [3.05, 3.63) is 114 Å². The lowest BCUT2D eigenvalue weighted by Gasteiger charge is -2.36. The number of fused-ring (bicyclic) bond motifs is 1. The van der Waals surface area contributed by atoms with Crippen LogP contribution in [-0.4, -0.2) is 13.1 Å². The first-order valence-corrected chi connectivity index (χ1v) is 10.5. The van der Waals surface area contributed by atoms with Gasteiger partial charge in [0.1, 0.15) is 5.41 Å². The smallest absolute Gasteiger partial charge is 0.307 e. The fourth-order valence-corrected chi connectivity index (χ4v) is 4.16. The van der Waals surface area contributed by atoms with E-state index in [9.17, 15) is 10.1 Å². The molecular weight excluding hydrogens is 396 g/mol. The summed E-state index contributed by atoms with van der Waals surface area (Å²) in [6.45, 7) is 0. The number of benzene rings is 4. The van der Waals surface area contributed by atoms with Crippen LogP contribution in [-0.2, 0) is 14.9 Å². The van der Waals surface area contributed by atoms with E-state index in [2.05, 4.69) is 35.7 Å². The maximum atomic E-state index is 12.5. The van der Waals surface area contributed by atoms with Crippen LogP contribution in [0, 0.1) is 11.3 Å². The Kier molecular flexibility index (Phi) is 6.19. The van der Waals surface area contributed by atoms with E-state index in [1.54, 1.807) is 0 Å². The summed E-state index contributed by atoms with van der Waals surface area (Å²) in [6, 6.07) is 35.5. The molecule has 0 radical (unpaired) electrons. The van der Waals surface area contributed by atoms with Crippen LogP contribution in [0.1, 0.15) is 23.6 Å². The van der Waals surface area contributed by atoms with Gasteiger partial charge in [0.2, 0.25) is 0 Å². The Balaban J connectivity index is 1.87. The molecule has 0 spiro atoms. The van der Waals surface area contributed by atoms with E-state index in [0.717, 1.165) is 27.6 Å². The average Bonchev–Trinajstić information content (AvgIpc) is 2.87. The van der Waals surface area contributed by atoms with Gasteiger partial charge in [0.05, 0.1) is 25.6 Å². The van der Waals surface area contributed by atoms with Crippen molar-refractivity contribution in [2.45, 2.75) is 17.9 Å². The Hall–Kier alpha value is -4.10. The van der Waals surface area contributed by atoms with E-state index in [-0.39, 0.29) is 6.42 Å². The van der Waals surface area contributed by atoms with Gasteiger partial charge < -0.3 is 10.1 Å². The SMILES string of the molecule is COC(=O)C[C@](C#N)(c1ccccc1)[C@@H](Nc1ccc2ccccc2c1)c1ccccc1. The maximum absolute atomic E-state index is 12.5. The molecule has 4 aromatic carbocycles. The van der Waals surface area contributed by atoms with Crippen LogP contribution in [0.2, 0.25) is 0 Å². The third-order valence-corrected chi connectivity index (χ3v) is 5.83. The molecule has 0 unspecified atom stereocenters. The Labute approximate surface area is 188 Å². The minimum atomic E-state index is -1.18. The largest absolute Gasteiger partial charge is 0.469 e. The number of nitriles is 1. The zero-order valence-corrected chi connectivity index (χ0v) is 17.9. The van der Waals surface area contributed by atoms with Crippen LogP contribution < -0.4 is 5.32 Å². The van der Waals surface area contributed by atoms with Crippen molar-refractivity contribution in [2.75, 3.05) is 12.4 Å². The predicted molar refractivity (Wildman–Crippen MR) is 127 cm³/mol. The molecule has 0 aliphatic rings. The minimum absolute atomic E-state index is 0.0792. The summed E-state index contributed by atoms with van der Waals surface area (Å²) in [4.78, 5) is 12.5. The van der Waals surface area contributed by atoms with Crippen molar-refractivity contribution in [3.8, 4) is 6.07 Å². The van der Waals surface area contributed by atoms with E-state index in [1.165, 1.54) is 7.11 Å². The van der Waals surface area contributed by atoms with Crippen LogP contribution in [0.25, 0.3) is 10.8 Å². The van der Waals surface area contributed by atoms with Crippen LogP contribution >= 0.6 is 0 Å². The normalized spacial score (nSPS) is 13.5. The molecule has 4 heteroatoms. The lowest BCUT2D eigenvalue weighted by atomic mass is 9.70. The second-order valence-corrected chi connectivity index (χ2v) is 7.75. The van der Waals surface area contributed by atoms with Gasteiger partial charge in [-0.15, -0.1) is 0 Å². The second-order valence-electron chi connectivity index (χ2n) is 7.75. The van der Waals surface area contributed by atoms with Gasteiger partial charge in [-0.25, -0.2) is 0 Å². The maximum Gasteiger partial charge on any atom is 0.307 e. The number of hydrogen-bond donors (Lipinski definition) is 1. The zero-order chi connectivity index (χ0) is 22.4. The summed E-state index contributed by atoms with van der Waals surface area (Å²) in [7, 11) is 1.35. The summed E-state index contributed by atoms with van der Waals surface area (Å²) in [6.07, 6.45) is -0.0792. The van der Waals surface area contributed by atoms with Gasteiger partial charge in [-0.3, -0.25) is 4.79 Å². The van der Waals surface area contributed by atoms with Crippen molar-refractivity contribution >= 4 is 22.4 Å². The highest BCUT2D eigenvalue weighted by Gasteiger charge is 2.44. The molecule has 4 rings (SSSR count). The fourth-order valence-electron chi connectivity index (χ4n) is 4.16. The second kappa shape index (κ2) is 9.36. The Morgan fingerprint density at radius 2 is 1.53 bits per heavy atom. The number of anilines is 1. The number of esters is 1. The van der Waals surface area contributed by atoms with Crippen molar-refractivity contribution in [1.82, 2.24) is 0 Å². The average molecular weight is 421 g/mol. The lowest BCUT2D eigenvalue weighted by molar-refractivity contribution is -0.141. The number of hydrogen-bond acceptors (Lipinski definition) is 4. The third-order valence-electron chi connectivity index (χ3n) is 5.83. The van der Waals surface area contributed by atoms with Gasteiger partial charge in [-0.1, -0.05) is 91.0 Å². The first-order valence-electron chi connectivity index (χ1n) is 10.5. The predicted octanol–water partition coefficient (Wildman–Crippen LogP) is 6.02. The van der Waals surface area contributed by atoms with Gasteiger partial charge in [0.25, 0.3) is 0 Å². The molecule has 0 saturated heterocycles. The van der Waals surface area contributed by atoms with Crippen molar-refractivity contribution in [2.24, 2.45) is 0 Å². The summed E-state index contributed by atoms with van der Waals surface area (Å²) in [5.74, 6) is -0.434. The molecule has 0 aliphatic carbocycles. The molecule has 158 valence electrons. The fraction of sp³-hybridized carbons (Fsp3) is 0.143. The number of ether oxygens (including phenoxy) is 1. The molecule has 0 aliphatic heterocycles. The molecule has 0 heterocycles. The summed E-state index contributed by atoms with van der Waals surface area (Å²) >= 11 is 0. The van der Waals surface area contributed by atoms with Crippen molar-refractivity contribution < 1.29 is 9.53 Å². The first-order chi connectivity index (χ1) is 15.7. The molecule has 0 amide bonds. The summed E-state index contributed by atoms with van der Waals surface area (Å²) in [5.41, 5.74) is 1.37. The monoisotopic (exact) mass is 420 g/mol.